The zero-order valence-electron chi connectivity index (χ0n) is 6.91. The van der Waals surface area contributed by atoms with Crippen molar-refractivity contribution in [3.05, 3.63) is 28.5 Å². The molecule has 0 aliphatic rings. The van der Waals surface area contributed by atoms with Gasteiger partial charge in [-0.25, -0.2) is 4.98 Å². The molecule has 0 spiro atoms. The van der Waals surface area contributed by atoms with Gasteiger partial charge < -0.3 is 4.90 Å². The number of nitrogens with zero attached hydrogens (tertiary/aromatic N) is 2. The van der Waals surface area contributed by atoms with Crippen LogP contribution in [-0.4, -0.2) is 29.9 Å². The zero-order chi connectivity index (χ0) is 9.14. The Labute approximate surface area is 79.5 Å². The van der Waals surface area contributed by atoms with Crippen LogP contribution in [0, 0.1) is 0 Å². The summed E-state index contributed by atoms with van der Waals surface area (Å²) >= 11 is 3.20. The summed E-state index contributed by atoms with van der Waals surface area (Å²) in [4.78, 5) is 16.9. The highest BCUT2D eigenvalue weighted by Crippen LogP contribution is 2.07. The molecule has 0 atom stereocenters. The quantitative estimate of drug-likeness (QED) is 0.684. The molecule has 0 radical (unpaired) electrons. The molecule has 3 nitrogen and oxygen atoms in total. The van der Waals surface area contributed by atoms with Gasteiger partial charge in [-0.3, -0.25) is 4.79 Å². The second-order valence-corrected chi connectivity index (χ2v) is 3.36. The lowest BCUT2D eigenvalue weighted by atomic mass is 10.3. The Morgan fingerprint density at radius 1 is 1.50 bits per heavy atom. The Kier molecular flexibility index (Phi) is 2.81. The topological polar surface area (TPSA) is 33.2 Å². The minimum Gasteiger partial charge on any atom is -0.343 e. The molecule has 0 fully saturated rings. The van der Waals surface area contributed by atoms with Crippen LogP contribution >= 0.6 is 15.9 Å². The first kappa shape index (κ1) is 9.19. The van der Waals surface area contributed by atoms with Crippen molar-refractivity contribution in [2.24, 2.45) is 0 Å². The maximum absolute atomic E-state index is 11.3. The highest BCUT2D eigenvalue weighted by atomic mass is 79.9. The number of amides is 1. The lowest BCUT2D eigenvalue weighted by Crippen LogP contribution is -2.22. The summed E-state index contributed by atoms with van der Waals surface area (Å²) in [5, 5.41) is 0. The van der Waals surface area contributed by atoms with E-state index in [-0.39, 0.29) is 5.91 Å². The Hall–Kier alpha value is -0.900. The van der Waals surface area contributed by atoms with Crippen LogP contribution in [0.2, 0.25) is 0 Å². The van der Waals surface area contributed by atoms with E-state index in [0.29, 0.717) is 10.3 Å². The summed E-state index contributed by atoms with van der Waals surface area (Å²) in [6.45, 7) is 0. The average molecular weight is 229 g/mol. The van der Waals surface area contributed by atoms with E-state index in [0.717, 1.165) is 0 Å². The number of pyridine rings is 1. The Balaban J connectivity index is 2.96. The molecule has 0 N–H and O–H groups in total. The van der Waals surface area contributed by atoms with Gasteiger partial charge in [0.15, 0.2) is 0 Å². The molecule has 0 saturated carbocycles. The second kappa shape index (κ2) is 3.67. The molecule has 0 saturated heterocycles. The molecule has 1 aromatic rings. The van der Waals surface area contributed by atoms with E-state index in [1.807, 2.05) is 0 Å². The Morgan fingerprint density at radius 3 is 2.67 bits per heavy atom. The molecule has 0 unspecified atom stereocenters. The molecule has 1 heterocycles. The number of hydrogen-bond donors (Lipinski definition) is 0. The van der Waals surface area contributed by atoms with E-state index in [4.69, 9.17) is 0 Å². The van der Waals surface area contributed by atoms with Crippen molar-refractivity contribution in [3.8, 4) is 0 Å². The fraction of sp³-hybridized carbons (Fsp3) is 0.250. The van der Waals surface area contributed by atoms with Gasteiger partial charge in [0.25, 0.3) is 5.91 Å². The minimum absolute atomic E-state index is 0.0868. The van der Waals surface area contributed by atoms with Crippen molar-refractivity contribution in [3.63, 3.8) is 0 Å². The van der Waals surface area contributed by atoms with E-state index in [1.165, 1.54) is 4.90 Å². The van der Waals surface area contributed by atoms with Crippen molar-refractivity contribution < 1.29 is 4.79 Å². The van der Waals surface area contributed by atoms with Crippen LogP contribution in [0.4, 0.5) is 0 Å². The van der Waals surface area contributed by atoms with Gasteiger partial charge >= 0.3 is 0 Å². The minimum atomic E-state index is -0.0868. The zero-order valence-corrected chi connectivity index (χ0v) is 8.50. The maximum Gasteiger partial charge on any atom is 0.271 e. The van der Waals surface area contributed by atoms with Crippen molar-refractivity contribution in [2.75, 3.05) is 14.1 Å². The van der Waals surface area contributed by atoms with Crippen LogP contribution in [-0.2, 0) is 0 Å². The molecule has 12 heavy (non-hydrogen) atoms. The standard InChI is InChI=1S/C8H9BrN2O/c1-11(2)8(12)6-4-3-5-7(9)10-6/h3-5H,1-2H3. The molecule has 0 aliphatic carbocycles. The molecule has 0 bridgehead atoms. The van der Waals surface area contributed by atoms with Gasteiger partial charge in [0.2, 0.25) is 0 Å². The fourth-order valence-electron chi connectivity index (χ4n) is 0.756. The maximum atomic E-state index is 11.3. The summed E-state index contributed by atoms with van der Waals surface area (Å²) < 4.78 is 0.676. The van der Waals surface area contributed by atoms with Crippen LogP contribution < -0.4 is 0 Å². The lowest BCUT2D eigenvalue weighted by Gasteiger charge is -2.08. The number of hydrogen-bond acceptors (Lipinski definition) is 2. The van der Waals surface area contributed by atoms with E-state index >= 15 is 0 Å². The molecule has 0 aliphatic heterocycles. The molecule has 1 amide bonds. The second-order valence-electron chi connectivity index (χ2n) is 2.55. The first-order valence-electron chi connectivity index (χ1n) is 3.45. The molecular weight excluding hydrogens is 220 g/mol. The SMILES string of the molecule is CN(C)C(=O)c1cccc(Br)n1. The van der Waals surface area contributed by atoms with E-state index in [1.54, 1.807) is 32.3 Å². The highest BCUT2D eigenvalue weighted by molar-refractivity contribution is 9.10. The van der Waals surface area contributed by atoms with Crippen LogP contribution in [0.25, 0.3) is 0 Å². The molecule has 0 aromatic carbocycles. The van der Waals surface area contributed by atoms with Gasteiger partial charge in [-0.15, -0.1) is 0 Å². The van der Waals surface area contributed by atoms with Gasteiger partial charge in [-0.1, -0.05) is 6.07 Å². The molecular formula is C8H9BrN2O. The van der Waals surface area contributed by atoms with Crippen molar-refractivity contribution in [1.82, 2.24) is 9.88 Å². The number of carbonyl (C=O) groups is 1. The molecule has 64 valence electrons. The van der Waals surface area contributed by atoms with Gasteiger partial charge in [-0.05, 0) is 28.1 Å². The normalized spacial score (nSPS) is 9.58. The average Bonchev–Trinajstić information content (AvgIpc) is 2.03. The summed E-state index contributed by atoms with van der Waals surface area (Å²) in [6, 6.07) is 5.26. The van der Waals surface area contributed by atoms with Gasteiger partial charge in [0.1, 0.15) is 10.3 Å². The van der Waals surface area contributed by atoms with Crippen molar-refractivity contribution in [2.45, 2.75) is 0 Å². The van der Waals surface area contributed by atoms with Crippen LogP contribution in [0.3, 0.4) is 0 Å². The predicted octanol–water partition coefficient (Wildman–Crippen LogP) is 1.55. The first-order valence-corrected chi connectivity index (χ1v) is 4.25. The third-order valence-corrected chi connectivity index (χ3v) is 1.78. The predicted molar refractivity (Wildman–Crippen MR) is 50.0 cm³/mol. The van der Waals surface area contributed by atoms with E-state index in [2.05, 4.69) is 20.9 Å². The molecule has 1 rings (SSSR count). The monoisotopic (exact) mass is 228 g/mol. The van der Waals surface area contributed by atoms with Gasteiger partial charge in [0, 0.05) is 14.1 Å². The smallest absolute Gasteiger partial charge is 0.271 e. The van der Waals surface area contributed by atoms with Gasteiger partial charge in [0.05, 0.1) is 0 Å². The number of aromatic nitrogens is 1. The number of carbonyl (C=O) groups excluding carboxylic acids is 1. The fourth-order valence-corrected chi connectivity index (χ4v) is 1.10. The summed E-state index contributed by atoms with van der Waals surface area (Å²) in [5.74, 6) is -0.0868. The summed E-state index contributed by atoms with van der Waals surface area (Å²) in [7, 11) is 3.40. The number of rotatable bonds is 1. The van der Waals surface area contributed by atoms with Gasteiger partial charge in [-0.2, -0.15) is 0 Å². The third kappa shape index (κ3) is 2.04. The summed E-state index contributed by atoms with van der Waals surface area (Å²) in [5.41, 5.74) is 0.453. The van der Waals surface area contributed by atoms with E-state index < -0.39 is 0 Å². The Morgan fingerprint density at radius 2 is 2.17 bits per heavy atom. The molecule has 4 heteroatoms. The van der Waals surface area contributed by atoms with Crippen LogP contribution in [0.1, 0.15) is 10.5 Å². The van der Waals surface area contributed by atoms with Crippen molar-refractivity contribution in [1.29, 1.82) is 0 Å². The lowest BCUT2D eigenvalue weighted by molar-refractivity contribution is 0.0822. The molecule has 1 aromatic heterocycles. The van der Waals surface area contributed by atoms with Crippen LogP contribution in [0.15, 0.2) is 22.8 Å². The Bertz CT molecular complexity index is 299. The largest absolute Gasteiger partial charge is 0.343 e. The summed E-state index contributed by atoms with van der Waals surface area (Å²) in [6.07, 6.45) is 0. The van der Waals surface area contributed by atoms with E-state index in [9.17, 15) is 4.79 Å². The first-order chi connectivity index (χ1) is 5.61. The third-order valence-electron chi connectivity index (χ3n) is 1.34. The highest BCUT2D eigenvalue weighted by Gasteiger charge is 2.08. The van der Waals surface area contributed by atoms with Crippen molar-refractivity contribution >= 4 is 21.8 Å². The van der Waals surface area contributed by atoms with Crippen LogP contribution in [0.5, 0.6) is 0 Å². The number of halogens is 1.